The third-order valence-corrected chi connectivity index (χ3v) is 1.45. The number of hydrogen-bond acceptors (Lipinski definition) is 4. The van der Waals surface area contributed by atoms with Crippen LogP contribution in [0.2, 0.25) is 0 Å². The molecule has 0 aromatic carbocycles. The van der Waals surface area contributed by atoms with E-state index < -0.39 is 17.7 Å². The predicted molar refractivity (Wildman–Crippen MR) is 51.0 cm³/mol. The molecule has 0 aromatic heterocycles. The molecule has 0 heterocycles. The van der Waals surface area contributed by atoms with Crippen LogP contribution in [0.5, 0.6) is 0 Å². The molecule has 0 aliphatic carbocycles. The molecule has 0 atom stereocenters. The van der Waals surface area contributed by atoms with Crippen molar-refractivity contribution in [1.82, 2.24) is 0 Å². The monoisotopic (exact) mass is 197 g/mol. The third-order valence-electron chi connectivity index (χ3n) is 1.45. The van der Waals surface area contributed by atoms with Crippen molar-refractivity contribution in [3.63, 3.8) is 0 Å². The molecule has 0 aromatic rings. The Morgan fingerprint density at radius 3 is 1.79 bits per heavy atom. The van der Waals surface area contributed by atoms with Gasteiger partial charge in [0.15, 0.2) is 0 Å². The molecule has 0 amide bonds. The molecule has 0 spiro atoms. The molecule has 0 N–H and O–H groups in total. The molecule has 0 unspecified atom stereocenters. The number of hydrogen-bond donors (Lipinski definition) is 0. The van der Waals surface area contributed by atoms with Gasteiger partial charge in [-0.25, -0.2) is 9.59 Å². The first-order valence-electron chi connectivity index (χ1n) is 4.03. The van der Waals surface area contributed by atoms with Crippen LogP contribution in [0, 0.1) is 6.92 Å². The predicted octanol–water partition coefficient (Wildman–Crippen LogP) is 1.39. The summed E-state index contributed by atoms with van der Waals surface area (Å²) < 4.78 is 9.50. The fraction of sp³-hybridized carbons (Fsp3) is 0.300. The Balaban J connectivity index is 4.45. The second-order valence-electron chi connectivity index (χ2n) is 2.51. The summed E-state index contributed by atoms with van der Waals surface area (Å²) in [5.41, 5.74) is 0. The standard InChI is InChI=1S/C10H13O4/c1-5-8(11)13-10(4,7-3)14-9(12)6-2/h5-6H,1-2,4,7H2,3H3. The maximum Gasteiger partial charge on any atom is 0.333 e. The number of carbonyl (C=O) groups is 2. The Morgan fingerprint density at radius 2 is 1.57 bits per heavy atom. The average molecular weight is 197 g/mol. The molecule has 0 saturated heterocycles. The van der Waals surface area contributed by atoms with Crippen molar-refractivity contribution in [3.05, 3.63) is 32.2 Å². The van der Waals surface area contributed by atoms with Gasteiger partial charge in [-0.2, -0.15) is 0 Å². The van der Waals surface area contributed by atoms with Crippen molar-refractivity contribution in [2.75, 3.05) is 0 Å². The molecule has 0 fully saturated rings. The molecule has 77 valence electrons. The van der Waals surface area contributed by atoms with E-state index in [-0.39, 0.29) is 6.42 Å². The summed E-state index contributed by atoms with van der Waals surface area (Å²) >= 11 is 0. The SMILES string of the molecule is [CH2]C(CC)(OC(=O)C=C)OC(=O)C=C. The first kappa shape index (κ1) is 12.4. The Kier molecular flexibility index (Phi) is 4.63. The quantitative estimate of drug-likeness (QED) is 0.379. The van der Waals surface area contributed by atoms with Gasteiger partial charge >= 0.3 is 11.9 Å². The van der Waals surface area contributed by atoms with E-state index in [1.165, 1.54) is 0 Å². The maximum absolute atomic E-state index is 10.9. The summed E-state index contributed by atoms with van der Waals surface area (Å²) in [5.74, 6) is -2.89. The molecule has 4 nitrogen and oxygen atoms in total. The van der Waals surface area contributed by atoms with Crippen LogP contribution in [0.15, 0.2) is 25.3 Å². The molecule has 0 rings (SSSR count). The molecular weight excluding hydrogens is 184 g/mol. The van der Waals surface area contributed by atoms with Gasteiger partial charge in [-0.1, -0.05) is 20.1 Å². The first-order chi connectivity index (χ1) is 6.47. The van der Waals surface area contributed by atoms with E-state index in [0.29, 0.717) is 0 Å². The Morgan fingerprint density at radius 1 is 1.21 bits per heavy atom. The molecule has 0 bridgehead atoms. The van der Waals surface area contributed by atoms with E-state index in [0.717, 1.165) is 12.2 Å². The van der Waals surface area contributed by atoms with Gasteiger partial charge < -0.3 is 9.47 Å². The summed E-state index contributed by atoms with van der Waals surface area (Å²) in [6.07, 6.45) is 2.18. The average Bonchev–Trinajstić information content (AvgIpc) is 2.17. The lowest BCUT2D eigenvalue weighted by Crippen LogP contribution is -2.35. The fourth-order valence-corrected chi connectivity index (χ4v) is 0.615. The zero-order chi connectivity index (χ0) is 11.2. The minimum Gasteiger partial charge on any atom is -0.419 e. The second-order valence-corrected chi connectivity index (χ2v) is 2.51. The number of ether oxygens (including phenoxy) is 2. The summed E-state index contributed by atoms with van der Waals surface area (Å²) in [5, 5.41) is 0. The zero-order valence-electron chi connectivity index (χ0n) is 8.12. The van der Waals surface area contributed by atoms with Gasteiger partial charge in [0.25, 0.3) is 5.79 Å². The van der Waals surface area contributed by atoms with E-state index >= 15 is 0 Å². The van der Waals surface area contributed by atoms with Crippen LogP contribution in [0.4, 0.5) is 0 Å². The van der Waals surface area contributed by atoms with Crippen LogP contribution >= 0.6 is 0 Å². The molecule has 1 radical (unpaired) electrons. The first-order valence-corrected chi connectivity index (χ1v) is 4.03. The lowest BCUT2D eigenvalue weighted by Gasteiger charge is -2.26. The van der Waals surface area contributed by atoms with Crippen LogP contribution < -0.4 is 0 Å². The van der Waals surface area contributed by atoms with Crippen molar-refractivity contribution in [1.29, 1.82) is 0 Å². The molecular formula is C10H13O4. The number of carbonyl (C=O) groups excluding carboxylic acids is 2. The number of rotatable bonds is 5. The van der Waals surface area contributed by atoms with E-state index in [9.17, 15) is 9.59 Å². The van der Waals surface area contributed by atoms with E-state index in [1.54, 1.807) is 6.92 Å². The largest absolute Gasteiger partial charge is 0.419 e. The summed E-state index contributed by atoms with van der Waals surface area (Å²) in [6.45, 7) is 11.6. The smallest absolute Gasteiger partial charge is 0.333 e. The highest BCUT2D eigenvalue weighted by atomic mass is 16.7. The van der Waals surface area contributed by atoms with E-state index in [1.807, 2.05) is 0 Å². The number of esters is 2. The molecule has 0 saturated carbocycles. The molecule has 0 aliphatic rings. The minimum atomic E-state index is -1.50. The highest BCUT2D eigenvalue weighted by Gasteiger charge is 2.29. The minimum absolute atomic E-state index is 0.242. The third kappa shape index (κ3) is 3.89. The lowest BCUT2D eigenvalue weighted by atomic mass is 10.2. The zero-order valence-corrected chi connectivity index (χ0v) is 8.12. The van der Waals surface area contributed by atoms with Crippen LogP contribution in [0.1, 0.15) is 13.3 Å². The highest BCUT2D eigenvalue weighted by molar-refractivity contribution is 5.83. The van der Waals surface area contributed by atoms with E-state index in [2.05, 4.69) is 20.1 Å². The maximum atomic E-state index is 10.9. The van der Waals surface area contributed by atoms with E-state index in [4.69, 9.17) is 9.47 Å². The van der Waals surface area contributed by atoms with Gasteiger partial charge in [0.1, 0.15) is 0 Å². The van der Waals surface area contributed by atoms with Crippen molar-refractivity contribution < 1.29 is 19.1 Å². The summed E-state index contributed by atoms with van der Waals surface area (Å²) in [7, 11) is 0. The van der Waals surface area contributed by atoms with Crippen molar-refractivity contribution in [3.8, 4) is 0 Å². The van der Waals surface area contributed by atoms with Gasteiger partial charge in [-0.15, -0.1) is 0 Å². The van der Waals surface area contributed by atoms with Gasteiger partial charge in [-0.05, 0) is 0 Å². The van der Waals surface area contributed by atoms with Gasteiger partial charge in [0, 0.05) is 25.5 Å². The second kappa shape index (κ2) is 5.21. The molecule has 14 heavy (non-hydrogen) atoms. The van der Waals surface area contributed by atoms with Gasteiger partial charge in [-0.3, -0.25) is 0 Å². The van der Waals surface area contributed by atoms with Crippen molar-refractivity contribution in [2.24, 2.45) is 0 Å². The fourth-order valence-electron chi connectivity index (χ4n) is 0.615. The highest BCUT2D eigenvalue weighted by Crippen LogP contribution is 2.17. The van der Waals surface area contributed by atoms with Crippen LogP contribution in [0.3, 0.4) is 0 Å². The van der Waals surface area contributed by atoms with Crippen molar-refractivity contribution >= 4 is 11.9 Å². The Hall–Kier alpha value is -1.58. The Bertz CT molecular complexity index is 233. The molecule has 0 aliphatic heterocycles. The lowest BCUT2D eigenvalue weighted by molar-refractivity contribution is -0.206. The van der Waals surface area contributed by atoms with Crippen LogP contribution in [-0.4, -0.2) is 17.7 Å². The van der Waals surface area contributed by atoms with Gasteiger partial charge in [0.05, 0.1) is 0 Å². The normalized spacial score (nSPS) is 10.1. The van der Waals surface area contributed by atoms with Crippen LogP contribution in [-0.2, 0) is 19.1 Å². The summed E-state index contributed by atoms with van der Waals surface area (Å²) in [6, 6.07) is 0. The summed E-state index contributed by atoms with van der Waals surface area (Å²) in [4.78, 5) is 21.7. The van der Waals surface area contributed by atoms with Crippen molar-refractivity contribution in [2.45, 2.75) is 19.1 Å². The topological polar surface area (TPSA) is 52.6 Å². The van der Waals surface area contributed by atoms with Crippen LogP contribution in [0.25, 0.3) is 0 Å². The molecule has 4 heteroatoms. The van der Waals surface area contributed by atoms with Gasteiger partial charge in [0.2, 0.25) is 0 Å². The Labute approximate surface area is 83.2 Å².